The van der Waals surface area contributed by atoms with Gasteiger partial charge in [-0.2, -0.15) is 0 Å². The van der Waals surface area contributed by atoms with Crippen LogP contribution in [0.3, 0.4) is 0 Å². The van der Waals surface area contributed by atoms with Crippen molar-refractivity contribution in [1.29, 1.82) is 0 Å². The first-order valence-electron chi connectivity index (χ1n) is 7.06. The van der Waals surface area contributed by atoms with Crippen molar-refractivity contribution in [1.82, 2.24) is 4.98 Å². The highest BCUT2D eigenvalue weighted by Crippen LogP contribution is 2.29. The van der Waals surface area contributed by atoms with Crippen LogP contribution >= 0.6 is 0 Å². The number of nitrogens with one attached hydrogen (secondary N) is 1. The molecule has 2 rings (SSSR count). The van der Waals surface area contributed by atoms with Crippen molar-refractivity contribution in [3.8, 4) is 0 Å². The van der Waals surface area contributed by atoms with E-state index in [1.807, 2.05) is 13.0 Å². The Morgan fingerprint density at radius 2 is 2.32 bits per heavy atom. The lowest BCUT2D eigenvalue weighted by Crippen LogP contribution is -2.28. The van der Waals surface area contributed by atoms with E-state index in [4.69, 9.17) is 0 Å². The molecule has 0 saturated heterocycles. The number of nitrogens with zero attached hydrogens (tertiary/aromatic N) is 1. The first-order chi connectivity index (χ1) is 9.10. The Bertz CT molecular complexity index is 459. The zero-order valence-corrected chi connectivity index (χ0v) is 11.6. The Kier molecular flexibility index (Phi) is 4.40. The third-order valence-corrected chi connectivity index (χ3v) is 3.99. The SMILES string of the molecule is CCC1CCCC(Nc2cc(C)ncc2C(=O)O)C1. The fraction of sp³-hybridized carbons (Fsp3) is 0.600. The van der Waals surface area contributed by atoms with Gasteiger partial charge in [-0.25, -0.2) is 4.79 Å². The van der Waals surface area contributed by atoms with Crippen LogP contribution in [0.2, 0.25) is 0 Å². The lowest BCUT2D eigenvalue weighted by atomic mass is 9.84. The number of aryl methyl sites for hydroxylation is 1. The highest BCUT2D eigenvalue weighted by molar-refractivity contribution is 5.93. The van der Waals surface area contributed by atoms with Crippen LogP contribution in [0.1, 0.15) is 55.1 Å². The molecule has 1 fully saturated rings. The van der Waals surface area contributed by atoms with Gasteiger partial charge in [-0.15, -0.1) is 0 Å². The van der Waals surface area contributed by atoms with Crippen LogP contribution in [-0.4, -0.2) is 22.1 Å². The van der Waals surface area contributed by atoms with Crippen LogP contribution < -0.4 is 5.32 Å². The van der Waals surface area contributed by atoms with E-state index in [-0.39, 0.29) is 5.56 Å². The zero-order chi connectivity index (χ0) is 13.8. The van der Waals surface area contributed by atoms with Crippen molar-refractivity contribution < 1.29 is 9.90 Å². The summed E-state index contributed by atoms with van der Waals surface area (Å²) in [6.45, 7) is 4.11. The van der Waals surface area contributed by atoms with E-state index < -0.39 is 5.97 Å². The molecule has 1 aromatic heterocycles. The van der Waals surface area contributed by atoms with Crippen LogP contribution in [-0.2, 0) is 0 Å². The molecule has 1 aliphatic carbocycles. The largest absolute Gasteiger partial charge is 0.478 e. The second kappa shape index (κ2) is 6.04. The average Bonchev–Trinajstić information content (AvgIpc) is 2.38. The number of pyridine rings is 1. The maximum atomic E-state index is 11.2. The van der Waals surface area contributed by atoms with Gasteiger partial charge in [0.1, 0.15) is 5.56 Å². The van der Waals surface area contributed by atoms with Crippen molar-refractivity contribution in [3.63, 3.8) is 0 Å². The van der Waals surface area contributed by atoms with Gasteiger partial charge < -0.3 is 10.4 Å². The van der Waals surface area contributed by atoms with Crippen molar-refractivity contribution in [2.24, 2.45) is 5.92 Å². The molecule has 0 spiro atoms. The normalized spacial score (nSPS) is 23.1. The fourth-order valence-electron chi connectivity index (χ4n) is 2.86. The molecular weight excluding hydrogens is 240 g/mol. The predicted octanol–water partition coefficient (Wildman–Crippen LogP) is 3.47. The van der Waals surface area contributed by atoms with E-state index in [1.54, 1.807) is 0 Å². The summed E-state index contributed by atoms with van der Waals surface area (Å²) in [5.41, 5.74) is 1.82. The van der Waals surface area contributed by atoms with E-state index in [9.17, 15) is 9.90 Å². The van der Waals surface area contributed by atoms with Crippen LogP contribution in [0, 0.1) is 12.8 Å². The van der Waals surface area contributed by atoms with Gasteiger partial charge in [0.05, 0.1) is 5.69 Å². The maximum absolute atomic E-state index is 11.2. The van der Waals surface area contributed by atoms with Gasteiger partial charge in [0.2, 0.25) is 0 Å². The number of rotatable bonds is 4. The zero-order valence-electron chi connectivity index (χ0n) is 11.6. The molecule has 4 nitrogen and oxygen atoms in total. The Hall–Kier alpha value is -1.58. The van der Waals surface area contributed by atoms with E-state index in [2.05, 4.69) is 17.2 Å². The molecule has 0 amide bonds. The van der Waals surface area contributed by atoms with Gasteiger partial charge in [-0.3, -0.25) is 4.98 Å². The number of anilines is 1. The number of hydrogen-bond donors (Lipinski definition) is 2. The summed E-state index contributed by atoms with van der Waals surface area (Å²) in [5.74, 6) is -0.152. The summed E-state index contributed by atoms with van der Waals surface area (Å²) >= 11 is 0. The van der Waals surface area contributed by atoms with Crippen LogP contribution in [0.25, 0.3) is 0 Å². The number of carboxylic acid groups (broad SMARTS) is 1. The molecular formula is C15H22N2O2. The second-order valence-electron chi connectivity index (χ2n) is 5.46. The molecule has 0 aromatic carbocycles. The minimum Gasteiger partial charge on any atom is -0.478 e. The van der Waals surface area contributed by atoms with Gasteiger partial charge in [0, 0.05) is 17.9 Å². The van der Waals surface area contributed by atoms with Gasteiger partial charge in [0.25, 0.3) is 0 Å². The Morgan fingerprint density at radius 1 is 1.53 bits per heavy atom. The van der Waals surface area contributed by atoms with E-state index >= 15 is 0 Å². The van der Waals surface area contributed by atoms with Crippen LogP contribution in [0.15, 0.2) is 12.3 Å². The molecule has 1 heterocycles. The first-order valence-corrected chi connectivity index (χ1v) is 7.06. The third-order valence-electron chi connectivity index (χ3n) is 3.99. The molecule has 1 aromatic rings. The number of carboxylic acids is 1. The highest BCUT2D eigenvalue weighted by atomic mass is 16.4. The molecule has 2 unspecified atom stereocenters. The number of carbonyl (C=O) groups is 1. The lowest BCUT2D eigenvalue weighted by molar-refractivity contribution is 0.0697. The summed E-state index contributed by atoms with van der Waals surface area (Å²) in [7, 11) is 0. The fourth-order valence-corrected chi connectivity index (χ4v) is 2.86. The molecule has 0 bridgehead atoms. The quantitative estimate of drug-likeness (QED) is 0.872. The van der Waals surface area contributed by atoms with E-state index in [0.29, 0.717) is 11.7 Å². The second-order valence-corrected chi connectivity index (χ2v) is 5.46. The molecule has 4 heteroatoms. The lowest BCUT2D eigenvalue weighted by Gasteiger charge is -2.30. The summed E-state index contributed by atoms with van der Waals surface area (Å²) in [6.07, 6.45) is 7.44. The van der Waals surface area contributed by atoms with Crippen LogP contribution in [0.4, 0.5) is 5.69 Å². The number of aromatic carboxylic acids is 1. The minimum atomic E-state index is -0.919. The standard InChI is InChI=1S/C15H22N2O2/c1-3-11-5-4-6-12(8-11)17-14-7-10(2)16-9-13(14)15(18)19/h7,9,11-12H,3-6,8H2,1-2H3,(H,16,17)(H,18,19). The number of aromatic nitrogens is 1. The van der Waals surface area contributed by atoms with Crippen molar-refractivity contribution in [2.75, 3.05) is 5.32 Å². The molecule has 0 aliphatic heterocycles. The molecule has 19 heavy (non-hydrogen) atoms. The average molecular weight is 262 g/mol. The summed E-state index contributed by atoms with van der Waals surface area (Å²) < 4.78 is 0. The van der Waals surface area contributed by atoms with Gasteiger partial charge in [-0.05, 0) is 31.7 Å². The topological polar surface area (TPSA) is 62.2 Å². The van der Waals surface area contributed by atoms with Gasteiger partial charge in [-0.1, -0.05) is 26.2 Å². The van der Waals surface area contributed by atoms with Crippen LogP contribution in [0.5, 0.6) is 0 Å². The van der Waals surface area contributed by atoms with Gasteiger partial charge >= 0.3 is 5.97 Å². The molecule has 2 atom stereocenters. The Morgan fingerprint density at radius 3 is 3.00 bits per heavy atom. The molecule has 2 N–H and O–H groups in total. The van der Waals surface area contributed by atoms with E-state index in [0.717, 1.165) is 24.5 Å². The third kappa shape index (κ3) is 3.46. The van der Waals surface area contributed by atoms with Crippen molar-refractivity contribution in [2.45, 2.75) is 52.0 Å². The minimum absolute atomic E-state index is 0.268. The van der Waals surface area contributed by atoms with Gasteiger partial charge in [0.15, 0.2) is 0 Å². The first kappa shape index (κ1) is 13.8. The summed E-state index contributed by atoms with van der Waals surface area (Å²) in [4.78, 5) is 15.3. The monoisotopic (exact) mass is 262 g/mol. The molecule has 1 saturated carbocycles. The predicted molar refractivity (Wildman–Crippen MR) is 75.6 cm³/mol. The smallest absolute Gasteiger partial charge is 0.339 e. The molecule has 104 valence electrons. The summed E-state index contributed by atoms with van der Waals surface area (Å²) in [6, 6.07) is 2.22. The molecule has 0 radical (unpaired) electrons. The Balaban J connectivity index is 2.13. The maximum Gasteiger partial charge on any atom is 0.339 e. The highest BCUT2D eigenvalue weighted by Gasteiger charge is 2.22. The summed E-state index contributed by atoms with van der Waals surface area (Å²) in [5, 5.41) is 12.6. The van der Waals surface area contributed by atoms with E-state index in [1.165, 1.54) is 25.5 Å². The Labute approximate surface area is 114 Å². The number of hydrogen-bond acceptors (Lipinski definition) is 3. The van der Waals surface area contributed by atoms with Crippen molar-refractivity contribution >= 4 is 11.7 Å². The molecule has 1 aliphatic rings. The van der Waals surface area contributed by atoms with Crippen molar-refractivity contribution in [3.05, 3.63) is 23.5 Å².